The molecule has 1 saturated heterocycles. The van der Waals surface area contributed by atoms with Crippen LogP contribution in [0.3, 0.4) is 0 Å². The molecule has 0 aliphatic carbocycles. The second-order valence-corrected chi connectivity index (χ2v) is 8.56. The van der Waals surface area contributed by atoms with Gasteiger partial charge in [-0.1, -0.05) is 30.3 Å². The van der Waals surface area contributed by atoms with Crippen molar-refractivity contribution in [2.45, 2.75) is 51.2 Å². The number of rotatable bonds is 3. The van der Waals surface area contributed by atoms with E-state index in [2.05, 4.69) is 0 Å². The van der Waals surface area contributed by atoms with E-state index < -0.39 is 11.0 Å². The number of aliphatic hydroxyl groups excluding tert-OH is 1. The van der Waals surface area contributed by atoms with E-state index in [0.717, 1.165) is 21.9 Å². The predicted octanol–water partition coefficient (Wildman–Crippen LogP) is 3.77. The number of esters is 1. The monoisotopic (exact) mass is 399 g/mol. The fraction of sp³-hybridized carbons (Fsp3) is 0.478. The van der Waals surface area contributed by atoms with Gasteiger partial charge in [0.05, 0.1) is 19.1 Å². The van der Waals surface area contributed by atoms with E-state index in [1.807, 2.05) is 57.2 Å². The van der Waals surface area contributed by atoms with Gasteiger partial charge in [-0.05, 0) is 61.6 Å². The van der Waals surface area contributed by atoms with Crippen molar-refractivity contribution in [1.82, 2.24) is 4.90 Å². The molecular formula is C23H29NO5. The predicted molar refractivity (Wildman–Crippen MR) is 111 cm³/mol. The quantitative estimate of drug-likeness (QED) is 0.795. The molecule has 1 amide bonds. The van der Waals surface area contributed by atoms with Gasteiger partial charge in [-0.25, -0.2) is 4.79 Å². The van der Waals surface area contributed by atoms with E-state index in [4.69, 9.17) is 9.47 Å². The highest BCUT2D eigenvalue weighted by Crippen LogP contribution is 2.39. The van der Waals surface area contributed by atoms with Crippen LogP contribution in [-0.2, 0) is 26.3 Å². The number of carbonyl (C=O) groups is 2. The van der Waals surface area contributed by atoms with Crippen LogP contribution in [0.5, 0.6) is 0 Å². The minimum atomic E-state index is -0.860. The number of likely N-dealkylation sites (tertiary alicyclic amines) is 1. The van der Waals surface area contributed by atoms with Crippen LogP contribution in [0.4, 0.5) is 4.79 Å². The lowest BCUT2D eigenvalue weighted by molar-refractivity contribution is -0.149. The fourth-order valence-corrected chi connectivity index (χ4v) is 4.00. The second-order valence-electron chi connectivity index (χ2n) is 8.56. The molecule has 2 aromatic carbocycles. The van der Waals surface area contributed by atoms with Crippen LogP contribution in [-0.4, -0.2) is 47.9 Å². The molecule has 1 heterocycles. The van der Waals surface area contributed by atoms with Gasteiger partial charge in [-0.15, -0.1) is 0 Å². The van der Waals surface area contributed by atoms with Gasteiger partial charge in [-0.2, -0.15) is 0 Å². The lowest BCUT2D eigenvalue weighted by Gasteiger charge is -2.40. The van der Waals surface area contributed by atoms with Crippen LogP contribution in [0, 0.1) is 0 Å². The maximum atomic E-state index is 12.9. The molecule has 1 aliphatic rings. The van der Waals surface area contributed by atoms with Crippen molar-refractivity contribution in [3.05, 3.63) is 47.5 Å². The number of amides is 1. The Kier molecular flexibility index (Phi) is 5.85. The Morgan fingerprint density at radius 2 is 1.79 bits per heavy atom. The molecule has 0 spiro atoms. The molecule has 156 valence electrons. The Bertz CT molecular complexity index is 907. The number of piperidine rings is 1. The molecule has 0 bridgehead atoms. The zero-order valence-electron chi connectivity index (χ0n) is 17.5. The highest BCUT2D eigenvalue weighted by molar-refractivity contribution is 5.90. The molecular weight excluding hydrogens is 370 g/mol. The zero-order chi connectivity index (χ0) is 21.2. The Morgan fingerprint density at radius 1 is 1.14 bits per heavy atom. The summed E-state index contributed by atoms with van der Waals surface area (Å²) in [7, 11) is 1.39. The van der Waals surface area contributed by atoms with Gasteiger partial charge >= 0.3 is 12.1 Å². The highest BCUT2D eigenvalue weighted by atomic mass is 16.6. The Hall–Kier alpha value is -2.60. The molecule has 1 N–H and O–H groups in total. The standard InChI is InChI=1S/C23H29NO5/c1-22(2,3)29-21(27)24-11-9-23(10-12-24,20(26)28-4)18-13-16-7-5-6-8-19(16)17(14-18)15-25/h5-8,13-14,25H,9-12,15H2,1-4H3. The normalized spacial score (nSPS) is 16.5. The van der Waals surface area contributed by atoms with Crippen molar-refractivity contribution >= 4 is 22.8 Å². The smallest absolute Gasteiger partial charge is 0.410 e. The van der Waals surface area contributed by atoms with Crippen molar-refractivity contribution in [3.63, 3.8) is 0 Å². The summed E-state index contributed by atoms with van der Waals surface area (Å²) in [5.41, 5.74) is 0.163. The maximum Gasteiger partial charge on any atom is 0.410 e. The first-order valence-electron chi connectivity index (χ1n) is 9.89. The summed E-state index contributed by atoms with van der Waals surface area (Å²) in [4.78, 5) is 27.0. The van der Waals surface area contributed by atoms with Crippen molar-refractivity contribution in [3.8, 4) is 0 Å². The summed E-state index contributed by atoms with van der Waals surface area (Å²) in [6, 6.07) is 11.7. The fourth-order valence-electron chi connectivity index (χ4n) is 4.00. The van der Waals surface area contributed by atoms with E-state index in [1.54, 1.807) is 4.90 Å². The van der Waals surface area contributed by atoms with Gasteiger partial charge in [0, 0.05) is 13.1 Å². The van der Waals surface area contributed by atoms with E-state index in [0.29, 0.717) is 25.9 Å². The number of carbonyl (C=O) groups excluding carboxylic acids is 2. The molecule has 2 aromatic rings. The third kappa shape index (κ3) is 4.22. The third-order valence-corrected chi connectivity index (χ3v) is 5.52. The minimum absolute atomic E-state index is 0.115. The first kappa shape index (κ1) is 21.1. The topological polar surface area (TPSA) is 76.1 Å². The van der Waals surface area contributed by atoms with E-state index in [1.165, 1.54) is 7.11 Å². The van der Waals surface area contributed by atoms with Crippen LogP contribution in [0.1, 0.15) is 44.7 Å². The van der Waals surface area contributed by atoms with Gasteiger partial charge in [0.1, 0.15) is 5.60 Å². The number of hydrogen-bond donors (Lipinski definition) is 1. The Labute approximate surface area is 171 Å². The number of hydrogen-bond acceptors (Lipinski definition) is 5. The van der Waals surface area contributed by atoms with Crippen LogP contribution < -0.4 is 0 Å². The lowest BCUT2D eigenvalue weighted by atomic mass is 9.72. The molecule has 29 heavy (non-hydrogen) atoms. The number of benzene rings is 2. The number of fused-ring (bicyclic) bond motifs is 1. The van der Waals surface area contributed by atoms with E-state index in [-0.39, 0.29) is 18.7 Å². The summed E-state index contributed by atoms with van der Waals surface area (Å²) in [6.45, 7) is 6.17. The summed E-state index contributed by atoms with van der Waals surface area (Å²) in [5.74, 6) is -0.319. The van der Waals surface area contributed by atoms with E-state index in [9.17, 15) is 14.7 Å². The molecule has 1 aliphatic heterocycles. The van der Waals surface area contributed by atoms with Crippen molar-refractivity contribution in [2.75, 3.05) is 20.2 Å². The van der Waals surface area contributed by atoms with Gasteiger partial charge < -0.3 is 19.5 Å². The molecule has 0 atom stereocenters. The third-order valence-electron chi connectivity index (χ3n) is 5.52. The molecule has 6 heteroatoms. The van der Waals surface area contributed by atoms with Crippen LogP contribution in [0.25, 0.3) is 10.8 Å². The number of methoxy groups -OCH3 is 1. The summed E-state index contributed by atoms with van der Waals surface area (Å²) >= 11 is 0. The van der Waals surface area contributed by atoms with Gasteiger partial charge in [0.25, 0.3) is 0 Å². The summed E-state index contributed by atoms with van der Waals surface area (Å²) in [5, 5.41) is 11.8. The van der Waals surface area contributed by atoms with Crippen LogP contribution in [0.15, 0.2) is 36.4 Å². The van der Waals surface area contributed by atoms with Gasteiger partial charge in [-0.3, -0.25) is 4.79 Å². The molecule has 3 rings (SSSR count). The molecule has 0 aromatic heterocycles. The SMILES string of the molecule is COC(=O)C1(c2cc(CO)c3ccccc3c2)CCN(C(=O)OC(C)(C)C)CC1. The second kappa shape index (κ2) is 8.03. The van der Waals surface area contributed by atoms with Crippen LogP contribution >= 0.6 is 0 Å². The largest absolute Gasteiger partial charge is 0.468 e. The van der Waals surface area contributed by atoms with E-state index >= 15 is 0 Å². The number of aliphatic hydroxyl groups is 1. The zero-order valence-corrected chi connectivity index (χ0v) is 17.5. The summed E-state index contributed by atoms with van der Waals surface area (Å²) < 4.78 is 10.6. The van der Waals surface area contributed by atoms with Crippen molar-refractivity contribution < 1.29 is 24.2 Å². The van der Waals surface area contributed by atoms with Crippen LogP contribution in [0.2, 0.25) is 0 Å². The lowest BCUT2D eigenvalue weighted by Crippen LogP contribution is -2.50. The first-order valence-corrected chi connectivity index (χ1v) is 9.89. The number of ether oxygens (including phenoxy) is 2. The summed E-state index contributed by atoms with van der Waals surface area (Å²) in [6.07, 6.45) is 0.495. The number of nitrogens with zero attached hydrogens (tertiary/aromatic N) is 1. The first-order chi connectivity index (χ1) is 13.7. The highest BCUT2D eigenvalue weighted by Gasteiger charge is 2.45. The Morgan fingerprint density at radius 3 is 2.38 bits per heavy atom. The van der Waals surface area contributed by atoms with Gasteiger partial charge in [0.2, 0.25) is 0 Å². The van der Waals surface area contributed by atoms with Gasteiger partial charge in [0.15, 0.2) is 0 Å². The van der Waals surface area contributed by atoms with Crippen molar-refractivity contribution in [2.24, 2.45) is 0 Å². The minimum Gasteiger partial charge on any atom is -0.468 e. The molecule has 0 radical (unpaired) electrons. The average molecular weight is 399 g/mol. The molecule has 0 unspecified atom stereocenters. The van der Waals surface area contributed by atoms with Crippen molar-refractivity contribution in [1.29, 1.82) is 0 Å². The Balaban J connectivity index is 1.95. The maximum absolute atomic E-state index is 12.9. The molecule has 1 fully saturated rings. The average Bonchev–Trinajstić information content (AvgIpc) is 2.71. The molecule has 0 saturated carbocycles. The molecule has 6 nitrogen and oxygen atoms in total.